The quantitative estimate of drug-likeness (QED) is 0.126. The number of hydrogen-bond acceptors (Lipinski definition) is 2. The fourth-order valence-corrected chi connectivity index (χ4v) is 12.3. The maximum atomic E-state index is 2.40. The molecule has 15 aromatic rings. The molecule has 374 valence electrons. The molecule has 0 N–H and O–H groups in total. The highest BCUT2D eigenvalue weighted by Crippen LogP contribution is 2.45. The van der Waals surface area contributed by atoms with E-state index in [0.29, 0.717) is 0 Å². The van der Waals surface area contributed by atoms with Crippen LogP contribution in [0.15, 0.2) is 315 Å². The summed E-state index contributed by atoms with van der Waals surface area (Å²) in [5.41, 5.74) is 16.0. The summed E-state index contributed by atoms with van der Waals surface area (Å²) in [5.74, 6) is 0. The van der Waals surface area contributed by atoms with Gasteiger partial charge in [0.25, 0.3) is 0 Å². The van der Waals surface area contributed by atoms with Crippen LogP contribution in [0.1, 0.15) is 0 Å². The second-order valence-electron chi connectivity index (χ2n) is 20.8. The Balaban J connectivity index is 0.770. The zero-order valence-electron chi connectivity index (χ0n) is 43.9. The highest BCUT2D eigenvalue weighted by atomic mass is 15.1. The molecule has 15 rings (SSSR count). The van der Waals surface area contributed by atoms with Crippen molar-refractivity contribution in [3.63, 3.8) is 0 Å². The molecule has 0 aliphatic heterocycles. The minimum Gasteiger partial charge on any atom is -0.310 e. The smallest absolute Gasteiger partial charge is 0.0468 e. The van der Waals surface area contributed by atoms with E-state index in [0.717, 1.165) is 45.3 Å². The van der Waals surface area contributed by atoms with Crippen molar-refractivity contribution in [1.82, 2.24) is 0 Å². The molecule has 80 heavy (non-hydrogen) atoms. The Kier molecular flexibility index (Phi) is 11.6. The van der Waals surface area contributed by atoms with Crippen molar-refractivity contribution in [2.75, 3.05) is 9.80 Å². The lowest BCUT2D eigenvalue weighted by Gasteiger charge is -2.27. The summed E-state index contributed by atoms with van der Waals surface area (Å²) in [7, 11) is 0. The van der Waals surface area contributed by atoms with Crippen molar-refractivity contribution in [1.29, 1.82) is 0 Å². The zero-order chi connectivity index (χ0) is 52.9. The van der Waals surface area contributed by atoms with E-state index in [1.54, 1.807) is 0 Å². The molecule has 0 fully saturated rings. The van der Waals surface area contributed by atoms with Crippen LogP contribution >= 0.6 is 0 Å². The van der Waals surface area contributed by atoms with Crippen molar-refractivity contribution in [2.45, 2.75) is 0 Å². The summed E-state index contributed by atoms with van der Waals surface area (Å²) in [6, 6.07) is 115. The molecule has 0 bridgehead atoms. The van der Waals surface area contributed by atoms with E-state index in [1.807, 2.05) is 0 Å². The lowest BCUT2D eigenvalue weighted by Crippen LogP contribution is -2.10. The van der Waals surface area contributed by atoms with Crippen molar-refractivity contribution in [2.24, 2.45) is 0 Å². The van der Waals surface area contributed by atoms with Crippen molar-refractivity contribution in [3.05, 3.63) is 315 Å². The first-order valence-electron chi connectivity index (χ1n) is 27.6. The maximum Gasteiger partial charge on any atom is 0.0468 e. The van der Waals surface area contributed by atoms with Crippen LogP contribution in [0.3, 0.4) is 0 Å². The standard InChI is InChI=1S/C78H52N2/c1-3-17-53(18-4-1)59-21-15-23-63(49-59)79(65-45-47-75-71-29-9-7-25-67(71)69-27-11-13-31-73(69)77(75)51-65)61-41-37-57(38-42-61)55-33-35-56(36-34-55)58-39-43-62(44-40-58)80(64-24-16-22-60(50-64)54-19-5-2-6-20-54)66-46-48-76-72-30-10-8-26-68(72)70-28-12-14-32-74(70)78(76)52-66/h1-52H. The van der Waals surface area contributed by atoms with E-state index in [1.165, 1.54) is 98.0 Å². The predicted octanol–water partition coefficient (Wildman–Crippen LogP) is 22.2. The van der Waals surface area contributed by atoms with Crippen molar-refractivity contribution >= 4 is 98.8 Å². The minimum absolute atomic E-state index is 1.09. The van der Waals surface area contributed by atoms with Gasteiger partial charge in [0.1, 0.15) is 0 Å². The Hall–Kier alpha value is -10.5. The van der Waals surface area contributed by atoms with Crippen molar-refractivity contribution in [3.8, 4) is 44.5 Å². The Morgan fingerprint density at radius 2 is 0.350 bits per heavy atom. The van der Waals surface area contributed by atoms with E-state index in [9.17, 15) is 0 Å². The molecule has 0 saturated carbocycles. The summed E-state index contributed by atoms with van der Waals surface area (Å²) in [6.07, 6.45) is 0. The number of fused-ring (bicyclic) bond motifs is 12. The van der Waals surface area contributed by atoms with Gasteiger partial charge in [0, 0.05) is 34.1 Å². The van der Waals surface area contributed by atoms with Gasteiger partial charge >= 0.3 is 0 Å². The van der Waals surface area contributed by atoms with Crippen LogP contribution in [0.25, 0.3) is 109 Å². The van der Waals surface area contributed by atoms with Crippen LogP contribution in [0.4, 0.5) is 34.1 Å². The van der Waals surface area contributed by atoms with E-state index in [2.05, 4.69) is 325 Å². The first kappa shape index (κ1) is 46.7. The molecular formula is C78H52N2. The fourth-order valence-electron chi connectivity index (χ4n) is 12.3. The highest BCUT2D eigenvalue weighted by Gasteiger charge is 2.19. The third kappa shape index (κ3) is 8.30. The largest absolute Gasteiger partial charge is 0.310 e. The van der Waals surface area contributed by atoms with Crippen LogP contribution in [-0.4, -0.2) is 0 Å². The fraction of sp³-hybridized carbons (Fsp3) is 0. The molecule has 0 aliphatic rings. The monoisotopic (exact) mass is 1020 g/mol. The Morgan fingerprint density at radius 1 is 0.125 bits per heavy atom. The minimum atomic E-state index is 1.09. The lowest BCUT2D eigenvalue weighted by atomic mass is 9.94. The number of benzene rings is 15. The topological polar surface area (TPSA) is 6.48 Å². The lowest BCUT2D eigenvalue weighted by molar-refractivity contribution is 1.29. The second-order valence-corrected chi connectivity index (χ2v) is 20.8. The van der Waals surface area contributed by atoms with Crippen LogP contribution in [-0.2, 0) is 0 Å². The van der Waals surface area contributed by atoms with Gasteiger partial charge in [-0.15, -0.1) is 0 Å². The van der Waals surface area contributed by atoms with E-state index in [4.69, 9.17) is 0 Å². The Labute approximate surface area is 465 Å². The molecule has 15 aromatic carbocycles. The molecule has 0 amide bonds. The average Bonchev–Trinajstić information content (AvgIpc) is 3.62. The summed E-state index contributed by atoms with van der Waals surface area (Å²) < 4.78 is 0. The molecule has 2 nitrogen and oxygen atoms in total. The third-order valence-corrected chi connectivity index (χ3v) is 16.2. The van der Waals surface area contributed by atoms with Gasteiger partial charge in [0.2, 0.25) is 0 Å². The molecular weight excluding hydrogens is 965 g/mol. The molecule has 0 radical (unpaired) electrons. The van der Waals surface area contributed by atoms with E-state index in [-0.39, 0.29) is 0 Å². The van der Waals surface area contributed by atoms with Gasteiger partial charge in [-0.25, -0.2) is 0 Å². The van der Waals surface area contributed by atoms with Crippen molar-refractivity contribution < 1.29 is 0 Å². The van der Waals surface area contributed by atoms with E-state index < -0.39 is 0 Å². The van der Waals surface area contributed by atoms with Gasteiger partial charge in [-0.3, -0.25) is 0 Å². The van der Waals surface area contributed by atoms with Gasteiger partial charge in [-0.05, 0) is 182 Å². The van der Waals surface area contributed by atoms with Crippen LogP contribution in [0, 0.1) is 0 Å². The summed E-state index contributed by atoms with van der Waals surface area (Å²) in [5, 5.41) is 15.1. The zero-order valence-corrected chi connectivity index (χ0v) is 43.9. The summed E-state index contributed by atoms with van der Waals surface area (Å²) in [6.45, 7) is 0. The van der Waals surface area contributed by atoms with Gasteiger partial charge in [-0.1, -0.05) is 243 Å². The molecule has 2 heteroatoms. The van der Waals surface area contributed by atoms with Crippen LogP contribution < -0.4 is 9.80 Å². The average molecular weight is 1020 g/mol. The first-order valence-corrected chi connectivity index (χ1v) is 27.6. The molecule has 0 unspecified atom stereocenters. The maximum absolute atomic E-state index is 2.40. The molecule has 0 saturated heterocycles. The third-order valence-electron chi connectivity index (χ3n) is 16.2. The van der Waals surface area contributed by atoms with Crippen LogP contribution in [0.5, 0.6) is 0 Å². The molecule has 0 aliphatic carbocycles. The summed E-state index contributed by atoms with van der Waals surface area (Å²) in [4.78, 5) is 4.80. The highest BCUT2D eigenvalue weighted by molar-refractivity contribution is 6.27. The number of rotatable bonds is 10. The Bertz CT molecular complexity index is 4420. The SMILES string of the molecule is c1ccc(-c2cccc(N(c3ccc(-c4ccc(-c5ccc(N(c6cccc(-c7ccccc7)c6)c6ccc7c8ccccc8c8ccccc8c7c6)cc5)cc4)cc3)c3ccc4c5ccccc5c5ccccc5c4c3)c2)cc1. The first-order chi connectivity index (χ1) is 39.7. The van der Waals surface area contributed by atoms with Gasteiger partial charge in [0.15, 0.2) is 0 Å². The molecule has 0 atom stereocenters. The van der Waals surface area contributed by atoms with E-state index >= 15 is 0 Å². The van der Waals surface area contributed by atoms with Crippen LogP contribution in [0.2, 0.25) is 0 Å². The summed E-state index contributed by atoms with van der Waals surface area (Å²) >= 11 is 0. The molecule has 0 aromatic heterocycles. The molecule has 0 spiro atoms. The number of nitrogens with zero attached hydrogens (tertiary/aromatic N) is 2. The van der Waals surface area contributed by atoms with Gasteiger partial charge < -0.3 is 9.80 Å². The Morgan fingerprint density at radius 3 is 0.675 bits per heavy atom. The molecule has 0 heterocycles. The normalized spacial score (nSPS) is 11.5. The van der Waals surface area contributed by atoms with Gasteiger partial charge in [0.05, 0.1) is 0 Å². The predicted molar refractivity (Wildman–Crippen MR) is 343 cm³/mol. The van der Waals surface area contributed by atoms with Gasteiger partial charge in [-0.2, -0.15) is 0 Å². The number of anilines is 6. The number of hydrogen-bond donors (Lipinski definition) is 0. The second kappa shape index (κ2) is 19.8.